The molecule has 2 aromatic carbocycles. The minimum absolute atomic E-state index is 0.00153. The van der Waals surface area contributed by atoms with Gasteiger partial charge in [-0.25, -0.2) is 0 Å². The monoisotopic (exact) mass is 240 g/mol. The van der Waals surface area contributed by atoms with E-state index in [-0.39, 0.29) is 24.1 Å². The molecule has 1 aliphatic rings. The number of ether oxygens (including phenoxy) is 1. The number of aromatic hydroxyl groups is 1. The summed E-state index contributed by atoms with van der Waals surface area (Å²) in [6.45, 7) is 0.271. The predicted molar refractivity (Wildman–Crippen MR) is 67.1 cm³/mol. The van der Waals surface area contributed by atoms with Gasteiger partial charge in [-0.15, -0.1) is 0 Å². The van der Waals surface area contributed by atoms with Gasteiger partial charge in [0.15, 0.2) is 17.3 Å². The number of phenolic OH excluding ortho intramolecular Hbond substituents is 1. The first-order valence-corrected chi connectivity index (χ1v) is 5.81. The fourth-order valence-corrected chi connectivity index (χ4v) is 2.23. The average Bonchev–Trinajstić information content (AvgIpc) is 2.41. The van der Waals surface area contributed by atoms with Crippen molar-refractivity contribution in [2.75, 3.05) is 6.61 Å². The van der Waals surface area contributed by atoms with Gasteiger partial charge in [0.1, 0.15) is 6.61 Å². The first kappa shape index (κ1) is 10.8. The van der Waals surface area contributed by atoms with Crippen LogP contribution in [0.5, 0.6) is 11.5 Å². The fraction of sp³-hybridized carbons (Fsp3) is 0.133. The Balaban J connectivity index is 2.03. The first-order valence-electron chi connectivity index (χ1n) is 5.81. The van der Waals surface area contributed by atoms with E-state index < -0.39 is 0 Å². The van der Waals surface area contributed by atoms with Gasteiger partial charge in [0.25, 0.3) is 0 Å². The molecule has 3 nitrogen and oxygen atoms in total. The number of fused-ring (bicyclic) bond motifs is 1. The highest BCUT2D eigenvalue weighted by atomic mass is 16.5. The van der Waals surface area contributed by atoms with Gasteiger partial charge in [-0.05, 0) is 17.7 Å². The standard InChI is InChI=1S/C15H12O3/c16-13-8-4-7-11-14(17)12(9-18-15(11)13)10-5-2-1-3-6-10/h1-8,12,16H,9H2. The van der Waals surface area contributed by atoms with Gasteiger partial charge < -0.3 is 9.84 Å². The number of Topliss-reactive ketones (excluding diaryl/α,β-unsaturated/α-hetero) is 1. The molecule has 0 amide bonds. The minimum Gasteiger partial charge on any atom is -0.504 e. The Kier molecular flexibility index (Phi) is 2.52. The van der Waals surface area contributed by atoms with E-state index >= 15 is 0 Å². The Hall–Kier alpha value is -2.29. The van der Waals surface area contributed by atoms with Gasteiger partial charge in [0, 0.05) is 0 Å². The molecule has 0 saturated carbocycles. The number of hydrogen-bond donors (Lipinski definition) is 1. The summed E-state index contributed by atoms with van der Waals surface area (Å²) in [5, 5.41) is 9.65. The molecule has 0 fully saturated rings. The number of hydrogen-bond acceptors (Lipinski definition) is 3. The van der Waals surface area contributed by atoms with Crippen molar-refractivity contribution in [3.63, 3.8) is 0 Å². The van der Waals surface area contributed by atoms with Crippen LogP contribution in [0.2, 0.25) is 0 Å². The minimum atomic E-state index is -0.291. The van der Waals surface area contributed by atoms with E-state index in [0.29, 0.717) is 11.3 Å². The second-order valence-corrected chi connectivity index (χ2v) is 4.29. The molecule has 3 rings (SSSR count). The van der Waals surface area contributed by atoms with Crippen LogP contribution in [0.25, 0.3) is 0 Å². The molecule has 0 radical (unpaired) electrons. The van der Waals surface area contributed by atoms with Crippen molar-refractivity contribution in [2.24, 2.45) is 0 Å². The molecule has 90 valence electrons. The van der Waals surface area contributed by atoms with Gasteiger partial charge >= 0.3 is 0 Å². The lowest BCUT2D eigenvalue weighted by molar-refractivity contribution is 0.0892. The molecule has 0 aliphatic carbocycles. The van der Waals surface area contributed by atoms with Gasteiger partial charge in [-0.3, -0.25) is 4.79 Å². The normalized spacial score (nSPS) is 18.0. The van der Waals surface area contributed by atoms with Crippen molar-refractivity contribution < 1.29 is 14.6 Å². The summed E-state index contributed by atoms with van der Waals surface area (Å²) in [5.41, 5.74) is 1.39. The van der Waals surface area contributed by atoms with E-state index in [1.807, 2.05) is 30.3 Å². The molecule has 0 bridgehead atoms. The van der Waals surface area contributed by atoms with Crippen LogP contribution < -0.4 is 4.74 Å². The average molecular weight is 240 g/mol. The summed E-state index contributed by atoms with van der Waals surface area (Å²) >= 11 is 0. The van der Waals surface area contributed by atoms with Gasteiger partial charge in [-0.1, -0.05) is 36.4 Å². The molecular formula is C15H12O3. The third-order valence-electron chi connectivity index (χ3n) is 3.17. The largest absolute Gasteiger partial charge is 0.504 e. The Bertz CT molecular complexity index is 590. The number of rotatable bonds is 1. The van der Waals surface area contributed by atoms with Crippen molar-refractivity contribution in [2.45, 2.75) is 5.92 Å². The van der Waals surface area contributed by atoms with Crippen LogP contribution in [0.4, 0.5) is 0 Å². The van der Waals surface area contributed by atoms with Crippen LogP contribution in [0.1, 0.15) is 21.8 Å². The van der Waals surface area contributed by atoms with Crippen LogP contribution in [-0.4, -0.2) is 17.5 Å². The third-order valence-corrected chi connectivity index (χ3v) is 3.17. The van der Waals surface area contributed by atoms with E-state index in [0.717, 1.165) is 5.56 Å². The highest BCUT2D eigenvalue weighted by molar-refractivity contribution is 6.04. The zero-order valence-corrected chi connectivity index (χ0v) is 9.67. The predicted octanol–water partition coefficient (Wildman–Crippen LogP) is 2.75. The van der Waals surface area contributed by atoms with Crippen molar-refractivity contribution >= 4 is 5.78 Å². The Morgan fingerprint density at radius 1 is 1.06 bits per heavy atom. The molecule has 1 unspecified atom stereocenters. The molecule has 1 aliphatic heterocycles. The number of carbonyl (C=O) groups excluding carboxylic acids is 1. The first-order chi connectivity index (χ1) is 8.77. The number of benzene rings is 2. The van der Waals surface area contributed by atoms with Gasteiger partial charge in [0.2, 0.25) is 0 Å². The van der Waals surface area contributed by atoms with E-state index in [9.17, 15) is 9.90 Å². The number of phenols is 1. The molecule has 0 spiro atoms. The zero-order chi connectivity index (χ0) is 12.5. The molecule has 1 N–H and O–H groups in total. The van der Waals surface area contributed by atoms with E-state index in [2.05, 4.69) is 0 Å². The van der Waals surface area contributed by atoms with E-state index in [1.165, 1.54) is 6.07 Å². The maximum absolute atomic E-state index is 12.4. The molecule has 1 heterocycles. The van der Waals surface area contributed by atoms with Crippen molar-refractivity contribution in [1.82, 2.24) is 0 Å². The van der Waals surface area contributed by atoms with Gasteiger partial charge in [0.05, 0.1) is 11.5 Å². The van der Waals surface area contributed by atoms with Crippen LogP contribution in [0.3, 0.4) is 0 Å². The molecule has 0 saturated heterocycles. The lowest BCUT2D eigenvalue weighted by Crippen LogP contribution is -2.25. The SMILES string of the molecule is O=C1c2cccc(O)c2OCC1c1ccccc1. The second-order valence-electron chi connectivity index (χ2n) is 4.29. The van der Waals surface area contributed by atoms with Crippen LogP contribution >= 0.6 is 0 Å². The Morgan fingerprint density at radius 2 is 1.83 bits per heavy atom. The van der Waals surface area contributed by atoms with Crippen LogP contribution in [0, 0.1) is 0 Å². The lowest BCUT2D eigenvalue weighted by Gasteiger charge is -2.24. The summed E-state index contributed by atoms with van der Waals surface area (Å²) in [4.78, 5) is 12.4. The highest BCUT2D eigenvalue weighted by Crippen LogP contribution is 2.37. The number of ketones is 1. The Morgan fingerprint density at radius 3 is 2.61 bits per heavy atom. The van der Waals surface area contributed by atoms with Crippen molar-refractivity contribution in [3.8, 4) is 11.5 Å². The number of carbonyl (C=O) groups is 1. The molecular weight excluding hydrogens is 228 g/mol. The van der Waals surface area contributed by atoms with Crippen molar-refractivity contribution in [3.05, 3.63) is 59.7 Å². The summed E-state index contributed by atoms with van der Waals surface area (Å²) in [5.74, 6) is 0.0286. The quantitative estimate of drug-likeness (QED) is 0.833. The van der Waals surface area contributed by atoms with Crippen molar-refractivity contribution in [1.29, 1.82) is 0 Å². The summed E-state index contributed by atoms with van der Waals surface area (Å²) in [6, 6.07) is 14.4. The molecule has 3 heteroatoms. The van der Waals surface area contributed by atoms with Crippen LogP contribution in [0.15, 0.2) is 48.5 Å². The fourth-order valence-electron chi connectivity index (χ4n) is 2.23. The zero-order valence-electron chi connectivity index (χ0n) is 9.67. The van der Waals surface area contributed by atoms with E-state index in [1.54, 1.807) is 12.1 Å². The maximum atomic E-state index is 12.4. The Labute approximate surface area is 105 Å². The molecule has 1 atom stereocenters. The summed E-state index contributed by atoms with van der Waals surface area (Å²) in [7, 11) is 0. The molecule has 0 aromatic heterocycles. The smallest absolute Gasteiger partial charge is 0.177 e. The lowest BCUT2D eigenvalue weighted by atomic mass is 9.89. The summed E-state index contributed by atoms with van der Waals surface area (Å²) in [6.07, 6.45) is 0. The van der Waals surface area contributed by atoms with E-state index in [4.69, 9.17) is 4.74 Å². The molecule has 2 aromatic rings. The third kappa shape index (κ3) is 1.64. The summed E-state index contributed by atoms with van der Waals surface area (Å²) < 4.78 is 5.52. The maximum Gasteiger partial charge on any atom is 0.177 e. The molecule has 18 heavy (non-hydrogen) atoms. The van der Waals surface area contributed by atoms with Crippen LogP contribution in [-0.2, 0) is 0 Å². The van der Waals surface area contributed by atoms with Gasteiger partial charge in [-0.2, -0.15) is 0 Å². The second kappa shape index (κ2) is 4.18. The highest BCUT2D eigenvalue weighted by Gasteiger charge is 2.31. The topological polar surface area (TPSA) is 46.5 Å². The number of para-hydroxylation sites is 1.